The van der Waals surface area contributed by atoms with Crippen molar-refractivity contribution in [2.45, 2.75) is 45.1 Å². The minimum absolute atomic E-state index is 0.204. The Labute approximate surface area is 118 Å². The molecule has 0 bridgehead atoms. The number of nitrogens with two attached hydrogens (primary N) is 1. The molecule has 0 saturated carbocycles. The summed E-state index contributed by atoms with van der Waals surface area (Å²) in [6.07, 6.45) is 6.45. The normalized spacial score (nSPS) is 21.7. The van der Waals surface area contributed by atoms with Gasteiger partial charge in [0.2, 0.25) is 0 Å². The van der Waals surface area contributed by atoms with Gasteiger partial charge in [0.25, 0.3) is 0 Å². The molecule has 0 spiro atoms. The van der Waals surface area contributed by atoms with Crippen LogP contribution in [0.5, 0.6) is 0 Å². The van der Waals surface area contributed by atoms with E-state index in [-0.39, 0.29) is 6.04 Å². The Balaban J connectivity index is 1.64. The van der Waals surface area contributed by atoms with Crippen LogP contribution in [0.2, 0.25) is 0 Å². The van der Waals surface area contributed by atoms with Gasteiger partial charge in [-0.3, -0.25) is 0 Å². The number of benzene rings is 1. The SMILES string of the molecule is CCCC1CCN(CCCC(N)c2ccccc2)C1. The zero-order chi connectivity index (χ0) is 13.5. The largest absolute Gasteiger partial charge is 0.324 e. The highest BCUT2D eigenvalue weighted by molar-refractivity contribution is 5.18. The molecule has 19 heavy (non-hydrogen) atoms. The van der Waals surface area contributed by atoms with E-state index < -0.39 is 0 Å². The highest BCUT2D eigenvalue weighted by atomic mass is 15.1. The Bertz CT molecular complexity index is 350. The first-order valence-electron chi connectivity index (χ1n) is 7.82. The lowest BCUT2D eigenvalue weighted by Crippen LogP contribution is -2.23. The van der Waals surface area contributed by atoms with Crippen LogP contribution < -0.4 is 5.73 Å². The molecule has 1 aliphatic rings. The lowest BCUT2D eigenvalue weighted by molar-refractivity contribution is 0.309. The fraction of sp³-hybridized carbons (Fsp3) is 0.647. The van der Waals surface area contributed by atoms with Gasteiger partial charge in [-0.2, -0.15) is 0 Å². The summed E-state index contributed by atoms with van der Waals surface area (Å²) in [6.45, 7) is 6.13. The van der Waals surface area contributed by atoms with E-state index in [4.69, 9.17) is 5.73 Å². The zero-order valence-electron chi connectivity index (χ0n) is 12.2. The van der Waals surface area contributed by atoms with E-state index in [0.717, 1.165) is 12.3 Å². The van der Waals surface area contributed by atoms with E-state index in [9.17, 15) is 0 Å². The minimum atomic E-state index is 0.204. The van der Waals surface area contributed by atoms with Gasteiger partial charge in [-0.15, -0.1) is 0 Å². The van der Waals surface area contributed by atoms with Crippen LogP contribution in [0.4, 0.5) is 0 Å². The molecular formula is C17H28N2. The molecule has 1 fully saturated rings. The lowest BCUT2D eigenvalue weighted by Gasteiger charge is -2.17. The summed E-state index contributed by atoms with van der Waals surface area (Å²) in [5, 5.41) is 0. The highest BCUT2D eigenvalue weighted by Gasteiger charge is 2.21. The third-order valence-corrected chi connectivity index (χ3v) is 4.28. The van der Waals surface area contributed by atoms with Gasteiger partial charge in [-0.05, 0) is 50.3 Å². The smallest absolute Gasteiger partial charge is 0.0295 e. The molecule has 1 aromatic rings. The summed E-state index contributed by atoms with van der Waals surface area (Å²) in [5.74, 6) is 0.952. The molecule has 1 heterocycles. The topological polar surface area (TPSA) is 29.3 Å². The Kier molecular flexibility index (Phi) is 5.87. The van der Waals surface area contributed by atoms with E-state index in [2.05, 4.69) is 36.1 Å². The maximum absolute atomic E-state index is 6.24. The number of hydrogen-bond donors (Lipinski definition) is 1. The third-order valence-electron chi connectivity index (χ3n) is 4.28. The van der Waals surface area contributed by atoms with Gasteiger partial charge < -0.3 is 10.6 Å². The summed E-state index contributed by atoms with van der Waals surface area (Å²) in [4.78, 5) is 2.62. The predicted molar refractivity (Wildman–Crippen MR) is 82.1 cm³/mol. The number of likely N-dealkylation sites (tertiary alicyclic amines) is 1. The van der Waals surface area contributed by atoms with Crippen molar-refractivity contribution < 1.29 is 0 Å². The molecule has 0 amide bonds. The zero-order valence-corrected chi connectivity index (χ0v) is 12.2. The number of rotatable bonds is 7. The summed E-state index contributed by atoms with van der Waals surface area (Å²) >= 11 is 0. The van der Waals surface area contributed by atoms with Crippen molar-refractivity contribution in [1.29, 1.82) is 0 Å². The second-order valence-electron chi connectivity index (χ2n) is 5.90. The maximum atomic E-state index is 6.24. The molecule has 0 aliphatic carbocycles. The molecule has 0 radical (unpaired) electrons. The first kappa shape index (κ1) is 14.5. The molecule has 1 aromatic carbocycles. The van der Waals surface area contributed by atoms with E-state index in [1.54, 1.807) is 0 Å². The van der Waals surface area contributed by atoms with Crippen molar-refractivity contribution in [3.05, 3.63) is 35.9 Å². The van der Waals surface area contributed by atoms with E-state index >= 15 is 0 Å². The first-order chi connectivity index (χ1) is 9.29. The molecule has 2 rings (SSSR count). The summed E-state index contributed by atoms with van der Waals surface area (Å²) in [5.41, 5.74) is 7.51. The van der Waals surface area contributed by atoms with Crippen LogP contribution >= 0.6 is 0 Å². The highest BCUT2D eigenvalue weighted by Crippen LogP contribution is 2.22. The standard InChI is InChI=1S/C17H28N2/c1-2-7-15-11-13-19(14-15)12-6-10-17(18)16-8-4-3-5-9-16/h3-5,8-9,15,17H,2,6-7,10-14,18H2,1H3. The van der Waals surface area contributed by atoms with E-state index in [0.29, 0.717) is 0 Å². The van der Waals surface area contributed by atoms with Crippen molar-refractivity contribution in [1.82, 2.24) is 4.90 Å². The molecule has 1 aliphatic heterocycles. The van der Waals surface area contributed by atoms with Crippen LogP contribution in [0.1, 0.15) is 50.6 Å². The van der Waals surface area contributed by atoms with Crippen molar-refractivity contribution in [2.24, 2.45) is 11.7 Å². The molecule has 2 N–H and O–H groups in total. The molecule has 2 atom stereocenters. The van der Waals surface area contributed by atoms with Crippen LogP contribution in [0.15, 0.2) is 30.3 Å². The Morgan fingerprint density at radius 1 is 1.32 bits per heavy atom. The van der Waals surface area contributed by atoms with Crippen molar-refractivity contribution in [2.75, 3.05) is 19.6 Å². The van der Waals surface area contributed by atoms with Gasteiger partial charge in [0.1, 0.15) is 0 Å². The maximum Gasteiger partial charge on any atom is 0.0295 e. The van der Waals surface area contributed by atoms with Crippen molar-refractivity contribution in [3.63, 3.8) is 0 Å². The quantitative estimate of drug-likeness (QED) is 0.812. The molecular weight excluding hydrogens is 232 g/mol. The molecule has 106 valence electrons. The lowest BCUT2D eigenvalue weighted by atomic mass is 10.0. The average Bonchev–Trinajstić information content (AvgIpc) is 2.88. The van der Waals surface area contributed by atoms with E-state index in [1.807, 2.05) is 6.07 Å². The van der Waals surface area contributed by atoms with Gasteiger partial charge in [-0.25, -0.2) is 0 Å². The van der Waals surface area contributed by atoms with Crippen LogP contribution in [0, 0.1) is 5.92 Å². The molecule has 0 aromatic heterocycles. The fourth-order valence-electron chi connectivity index (χ4n) is 3.16. The van der Waals surface area contributed by atoms with Crippen LogP contribution in [-0.4, -0.2) is 24.5 Å². The molecule has 2 heteroatoms. The first-order valence-corrected chi connectivity index (χ1v) is 7.82. The Morgan fingerprint density at radius 2 is 2.11 bits per heavy atom. The van der Waals surface area contributed by atoms with Crippen molar-refractivity contribution in [3.8, 4) is 0 Å². The third kappa shape index (κ3) is 4.63. The molecule has 1 saturated heterocycles. The average molecular weight is 260 g/mol. The van der Waals surface area contributed by atoms with Gasteiger partial charge >= 0.3 is 0 Å². The second-order valence-corrected chi connectivity index (χ2v) is 5.90. The van der Waals surface area contributed by atoms with Crippen LogP contribution in [-0.2, 0) is 0 Å². The van der Waals surface area contributed by atoms with Crippen LogP contribution in [0.25, 0.3) is 0 Å². The second kappa shape index (κ2) is 7.66. The molecule has 2 unspecified atom stereocenters. The van der Waals surface area contributed by atoms with Gasteiger partial charge in [-0.1, -0.05) is 43.7 Å². The number of hydrogen-bond acceptors (Lipinski definition) is 2. The summed E-state index contributed by atoms with van der Waals surface area (Å²) in [7, 11) is 0. The summed E-state index contributed by atoms with van der Waals surface area (Å²) in [6, 6.07) is 10.7. The van der Waals surface area contributed by atoms with Crippen molar-refractivity contribution >= 4 is 0 Å². The van der Waals surface area contributed by atoms with Gasteiger partial charge in [0, 0.05) is 12.6 Å². The van der Waals surface area contributed by atoms with E-state index in [1.165, 1.54) is 50.9 Å². The van der Waals surface area contributed by atoms with Gasteiger partial charge in [0.15, 0.2) is 0 Å². The van der Waals surface area contributed by atoms with Gasteiger partial charge in [0.05, 0.1) is 0 Å². The molecule has 2 nitrogen and oxygen atoms in total. The predicted octanol–water partition coefficient (Wildman–Crippen LogP) is 3.59. The minimum Gasteiger partial charge on any atom is -0.324 e. The Morgan fingerprint density at radius 3 is 2.84 bits per heavy atom. The number of nitrogens with zero attached hydrogens (tertiary/aromatic N) is 1. The fourth-order valence-corrected chi connectivity index (χ4v) is 3.16. The summed E-state index contributed by atoms with van der Waals surface area (Å²) < 4.78 is 0. The Hall–Kier alpha value is -0.860. The van der Waals surface area contributed by atoms with Crippen LogP contribution in [0.3, 0.4) is 0 Å². The monoisotopic (exact) mass is 260 g/mol.